The van der Waals surface area contributed by atoms with Crippen LogP contribution in [0.5, 0.6) is 0 Å². The van der Waals surface area contributed by atoms with Crippen LogP contribution in [0.2, 0.25) is 0 Å². The predicted octanol–water partition coefficient (Wildman–Crippen LogP) is 4.85. The van der Waals surface area contributed by atoms with Gasteiger partial charge in [-0.3, -0.25) is 4.40 Å². The Balaban J connectivity index is 1.68. The van der Waals surface area contributed by atoms with Crippen LogP contribution in [0.4, 0.5) is 10.6 Å². The van der Waals surface area contributed by atoms with Gasteiger partial charge in [0, 0.05) is 38.2 Å². The molecule has 0 unspecified atom stereocenters. The van der Waals surface area contributed by atoms with Crippen molar-refractivity contribution in [2.45, 2.75) is 27.2 Å². The second kappa shape index (κ2) is 9.30. The highest BCUT2D eigenvalue weighted by Gasteiger charge is 2.28. The summed E-state index contributed by atoms with van der Waals surface area (Å²) in [4.78, 5) is 21.2. The molecular weight excluding hydrogens is 438 g/mol. The molecular formula is C28H29N5O2. The van der Waals surface area contributed by atoms with Gasteiger partial charge in [-0.15, -0.1) is 0 Å². The number of fused-ring (bicyclic) bond motifs is 3. The lowest BCUT2D eigenvalue weighted by molar-refractivity contribution is 0.105. The number of piperazine rings is 1. The van der Waals surface area contributed by atoms with Gasteiger partial charge in [0.15, 0.2) is 5.65 Å². The predicted molar refractivity (Wildman–Crippen MR) is 137 cm³/mol. The lowest BCUT2D eigenvalue weighted by atomic mass is 9.96. The Morgan fingerprint density at radius 3 is 2.46 bits per heavy atom. The van der Waals surface area contributed by atoms with Crippen LogP contribution >= 0.6 is 0 Å². The van der Waals surface area contributed by atoms with Crippen molar-refractivity contribution >= 4 is 28.6 Å². The summed E-state index contributed by atoms with van der Waals surface area (Å²) in [6.07, 6.45) is 0.442. The lowest BCUT2D eigenvalue weighted by Crippen LogP contribution is -2.49. The second-order valence-electron chi connectivity index (χ2n) is 9.01. The van der Waals surface area contributed by atoms with E-state index in [0.717, 1.165) is 28.0 Å². The molecule has 0 bridgehead atoms. The van der Waals surface area contributed by atoms with Crippen LogP contribution in [0, 0.1) is 25.2 Å². The number of nitriles is 1. The number of ether oxygens (including phenoxy) is 1. The fourth-order valence-corrected chi connectivity index (χ4v) is 4.93. The number of imidazole rings is 1. The van der Waals surface area contributed by atoms with E-state index in [-0.39, 0.29) is 6.09 Å². The molecule has 0 spiro atoms. The molecule has 1 aliphatic heterocycles. The van der Waals surface area contributed by atoms with Crippen molar-refractivity contribution in [3.05, 3.63) is 76.3 Å². The molecule has 7 heteroatoms. The zero-order valence-corrected chi connectivity index (χ0v) is 20.4. The minimum Gasteiger partial charge on any atom is -0.450 e. The first-order chi connectivity index (χ1) is 17.0. The molecule has 0 radical (unpaired) electrons. The minimum absolute atomic E-state index is 0.263. The summed E-state index contributed by atoms with van der Waals surface area (Å²) < 4.78 is 7.36. The zero-order chi connectivity index (χ0) is 24.5. The van der Waals surface area contributed by atoms with E-state index in [1.54, 1.807) is 4.90 Å². The van der Waals surface area contributed by atoms with Crippen molar-refractivity contribution < 1.29 is 9.53 Å². The normalized spacial score (nSPS) is 13.9. The minimum atomic E-state index is -0.263. The number of nitrogens with zero attached hydrogens (tertiary/aromatic N) is 5. The Labute approximate surface area is 205 Å². The molecule has 0 N–H and O–H groups in total. The molecule has 2 aromatic heterocycles. The number of hydrogen-bond donors (Lipinski definition) is 0. The maximum absolute atomic E-state index is 12.3. The Hall–Kier alpha value is -4.05. The molecule has 1 aliphatic rings. The molecule has 3 heterocycles. The third-order valence-corrected chi connectivity index (χ3v) is 6.81. The number of rotatable bonds is 4. The SMILES string of the molecule is CCOC(=O)N1CCN(c2c(Cc3ccc(C)cc3)c(C)c(C#N)c3nc4ccccc4n23)CC1. The van der Waals surface area contributed by atoms with Crippen molar-refractivity contribution in [1.82, 2.24) is 14.3 Å². The van der Waals surface area contributed by atoms with Crippen LogP contribution in [-0.2, 0) is 11.2 Å². The first kappa shape index (κ1) is 22.7. The van der Waals surface area contributed by atoms with Gasteiger partial charge in [-0.05, 0) is 44.0 Å². The standard InChI is InChI=1S/C28H29N5O2/c1-4-35-28(34)32-15-13-31(14-16-32)27-22(17-21-11-9-19(2)10-12-21)20(3)23(18-29)26-30-24-7-5-6-8-25(24)33(26)27/h5-12H,4,13-17H2,1-3H3. The quantitative estimate of drug-likeness (QED) is 0.429. The van der Waals surface area contributed by atoms with E-state index in [2.05, 4.69) is 52.6 Å². The van der Waals surface area contributed by atoms with Gasteiger partial charge in [-0.25, -0.2) is 9.78 Å². The fraction of sp³-hybridized carbons (Fsp3) is 0.321. The molecule has 0 saturated carbocycles. The molecule has 1 saturated heterocycles. The Morgan fingerprint density at radius 1 is 1.06 bits per heavy atom. The van der Waals surface area contributed by atoms with Crippen molar-refractivity contribution in [3.8, 4) is 6.07 Å². The third-order valence-electron chi connectivity index (χ3n) is 6.81. The lowest BCUT2D eigenvalue weighted by Gasteiger charge is -2.37. The number of hydrogen-bond acceptors (Lipinski definition) is 5. The number of benzene rings is 2. The molecule has 0 aliphatic carbocycles. The van der Waals surface area contributed by atoms with Crippen molar-refractivity contribution in [3.63, 3.8) is 0 Å². The maximum Gasteiger partial charge on any atom is 0.409 e. The van der Waals surface area contributed by atoms with Gasteiger partial charge in [0.25, 0.3) is 0 Å². The fourth-order valence-electron chi connectivity index (χ4n) is 4.93. The highest BCUT2D eigenvalue weighted by Crippen LogP contribution is 2.35. The topological polar surface area (TPSA) is 73.9 Å². The van der Waals surface area contributed by atoms with Gasteiger partial charge in [0.2, 0.25) is 0 Å². The van der Waals surface area contributed by atoms with Gasteiger partial charge < -0.3 is 14.5 Å². The highest BCUT2D eigenvalue weighted by atomic mass is 16.6. The van der Waals surface area contributed by atoms with E-state index in [9.17, 15) is 10.1 Å². The number of aromatic nitrogens is 2. The molecule has 1 amide bonds. The molecule has 178 valence electrons. The number of amides is 1. The summed E-state index contributed by atoms with van der Waals surface area (Å²) in [5.41, 5.74) is 7.62. The van der Waals surface area contributed by atoms with E-state index in [1.807, 2.05) is 32.0 Å². The largest absolute Gasteiger partial charge is 0.450 e. The van der Waals surface area contributed by atoms with Crippen molar-refractivity contribution in [2.75, 3.05) is 37.7 Å². The highest BCUT2D eigenvalue weighted by molar-refractivity contribution is 5.86. The van der Waals surface area contributed by atoms with Crippen LogP contribution in [-0.4, -0.2) is 53.2 Å². The average molecular weight is 468 g/mol. The first-order valence-electron chi connectivity index (χ1n) is 12.1. The molecule has 7 nitrogen and oxygen atoms in total. The summed E-state index contributed by atoms with van der Waals surface area (Å²) in [6.45, 7) is 8.81. The molecule has 35 heavy (non-hydrogen) atoms. The average Bonchev–Trinajstić information content (AvgIpc) is 3.25. The smallest absolute Gasteiger partial charge is 0.409 e. The number of pyridine rings is 1. The maximum atomic E-state index is 12.3. The summed E-state index contributed by atoms with van der Waals surface area (Å²) in [5, 5.41) is 10.1. The van der Waals surface area contributed by atoms with Gasteiger partial charge >= 0.3 is 6.09 Å². The van der Waals surface area contributed by atoms with Crippen LogP contribution in [0.1, 0.15) is 34.7 Å². The summed E-state index contributed by atoms with van der Waals surface area (Å²) in [5.74, 6) is 1.05. The molecule has 2 aromatic carbocycles. The van der Waals surface area contributed by atoms with Crippen molar-refractivity contribution in [1.29, 1.82) is 5.26 Å². The molecule has 5 rings (SSSR count). The second-order valence-corrected chi connectivity index (χ2v) is 9.01. The van der Waals surface area contributed by atoms with Crippen LogP contribution in [0.3, 0.4) is 0 Å². The van der Waals surface area contributed by atoms with Crippen molar-refractivity contribution in [2.24, 2.45) is 0 Å². The Morgan fingerprint density at radius 2 is 1.77 bits per heavy atom. The summed E-state index contributed by atoms with van der Waals surface area (Å²) in [6, 6.07) is 19.0. The summed E-state index contributed by atoms with van der Waals surface area (Å²) >= 11 is 0. The molecule has 1 fully saturated rings. The zero-order valence-electron chi connectivity index (χ0n) is 20.4. The van der Waals surface area contributed by atoms with Gasteiger partial charge in [-0.1, -0.05) is 42.0 Å². The summed E-state index contributed by atoms with van der Waals surface area (Å²) in [7, 11) is 0. The Kier molecular flexibility index (Phi) is 6.04. The van der Waals surface area contributed by atoms with E-state index in [1.165, 1.54) is 11.1 Å². The van der Waals surface area contributed by atoms with Crippen LogP contribution in [0.25, 0.3) is 16.7 Å². The number of para-hydroxylation sites is 2. The van der Waals surface area contributed by atoms with Gasteiger partial charge in [0.05, 0.1) is 23.2 Å². The van der Waals surface area contributed by atoms with E-state index >= 15 is 0 Å². The van der Waals surface area contributed by atoms with E-state index in [0.29, 0.717) is 50.4 Å². The van der Waals surface area contributed by atoms with Gasteiger partial charge in [0.1, 0.15) is 11.9 Å². The van der Waals surface area contributed by atoms with Crippen LogP contribution < -0.4 is 4.90 Å². The number of carbonyl (C=O) groups is 1. The molecule has 4 aromatic rings. The number of anilines is 1. The number of carbonyl (C=O) groups excluding carboxylic acids is 1. The van der Waals surface area contributed by atoms with E-state index < -0.39 is 0 Å². The van der Waals surface area contributed by atoms with E-state index in [4.69, 9.17) is 9.72 Å². The number of aryl methyl sites for hydroxylation is 1. The van der Waals surface area contributed by atoms with Gasteiger partial charge in [-0.2, -0.15) is 5.26 Å². The molecule has 0 atom stereocenters. The third kappa shape index (κ3) is 4.06. The monoisotopic (exact) mass is 467 g/mol. The van der Waals surface area contributed by atoms with Crippen LogP contribution in [0.15, 0.2) is 48.5 Å². The first-order valence-corrected chi connectivity index (χ1v) is 12.1. The Bertz CT molecular complexity index is 1440.